The normalized spacial score (nSPS) is 12.2. The Hall–Kier alpha value is -1.32. The van der Waals surface area contributed by atoms with Crippen LogP contribution in [0.15, 0.2) is 40.9 Å². The maximum atomic E-state index is 5.58. The molecule has 0 radical (unpaired) electrons. The van der Waals surface area contributed by atoms with E-state index in [2.05, 4.69) is 72.3 Å². The zero-order chi connectivity index (χ0) is 15.4. The molecule has 0 spiro atoms. The van der Waals surface area contributed by atoms with E-state index in [0.717, 1.165) is 22.3 Å². The highest BCUT2D eigenvalue weighted by Gasteiger charge is 2.19. The van der Waals surface area contributed by atoms with E-state index >= 15 is 0 Å². The number of benzene rings is 2. The minimum absolute atomic E-state index is 0.137. The van der Waals surface area contributed by atoms with Crippen LogP contribution < -0.4 is 10.1 Å². The predicted octanol–water partition coefficient (Wildman–Crippen LogP) is 4.77. The van der Waals surface area contributed by atoms with Crippen molar-refractivity contribution in [2.24, 2.45) is 0 Å². The van der Waals surface area contributed by atoms with Gasteiger partial charge in [0.15, 0.2) is 0 Å². The minimum atomic E-state index is 0.137. The number of methoxy groups -OCH3 is 1. The first-order valence-corrected chi connectivity index (χ1v) is 8.00. The number of rotatable bonds is 5. The van der Waals surface area contributed by atoms with E-state index in [0.29, 0.717) is 0 Å². The highest BCUT2D eigenvalue weighted by Crippen LogP contribution is 2.34. The maximum Gasteiger partial charge on any atom is 0.125 e. The second kappa shape index (κ2) is 7.10. The van der Waals surface area contributed by atoms with Crippen molar-refractivity contribution in [1.82, 2.24) is 5.32 Å². The molecule has 2 nitrogen and oxygen atoms in total. The zero-order valence-electron chi connectivity index (χ0n) is 13.0. The van der Waals surface area contributed by atoms with E-state index in [9.17, 15) is 0 Å². The van der Waals surface area contributed by atoms with Gasteiger partial charge in [-0.05, 0) is 43.7 Å². The first-order valence-electron chi connectivity index (χ1n) is 7.20. The van der Waals surface area contributed by atoms with Gasteiger partial charge in [0.05, 0.1) is 13.2 Å². The fraction of sp³-hybridized carbons (Fsp3) is 0.333. The summed E-state index contributed by atoms with van der Waals surface area (Å²) in [5.41, 5.74) is 5.03. The van der Waals surface area contributed by atoms with E-state index in [4.69, 9.17) is 4.74 Å². The fourth-order valence-corrected chi connectivity index (χ4v) is 2.93. The molecule has 21 heavy (non-hydrogen) atoms. The van der Waals surface area contributed by atoms with E-state index in [-0.39, 0.29) is 6.04 Å². The van der Waals surface area contributed by atoms with Gasteiger partial charge in [0.1, 0.15) is 5.75 Å². The summed E-state index contributed by atoms with van der Waals surface area (Å²) in [6.07, 6.45) is 0. The summed E-state index contributed by atoms with van der Waals surface area (Å²) >= 11 is 3.51. The van der Waals surface area contributed by atoms with Gasteiger partial charge in [-0.2, -0.15) is 0 Å². The lowest BCUT2D eigenvalue weighted by molar-refractivity contribution is 0.404. The molecule has 0 aliphatic rings. The van der Waals surface area contributed by atoms with Crippen LogP contribution in [0.4, 0.5) is 0 Å². The van der Waals surface area contributed by atoms with Gasteiger partial charge in [-0.3, -0.25) is 0 Å². The van der Waals surface area contributed by atoms with Crippen molar-refractivity contribution in [3.05, 3.63) is 63.1 Å². The highest BCUT2D eigenvalue weighted by atomic mass is 79.9. The maximum absolute atomic E-state index is 5.58. The van der Waals surface area contributed by atoms with Gasteiger partial charge in [-0.1, -0.05) is 52.7 Å². The van der Waals surface area contributed by atoms with E-state index in [1.54, 1.807) is 7.11 Å². The van der Waals surface area contributed by atoms with E-state index < -0.39 is 0 Å². The third kappa shape index (κ3) is 3.66. The number of hydrogen-bond donors (Lipinski definition) is 1. The van der Waals surface area contributed by atoms with Crippen molar-refractivity contribution in [3.8, 4) is 5.75 Å². The second-order valence-corrected chi connectivity index (χ2v) is 6.15. The molecular formula is C18H22BrNO. The number of nitrogens with one attached hydrogen (secondary N) is 1. The van der Waals surface area contributed by atoms with Crippen LogP contribution in [0, 0.1) is 13.8 Å². The SMILES string of the molecule is CCNC(c1cc(C)ccc1C)c1ccc(Br)cc1OC. The Labute approximate surface area is 135 Å². The van der Waals surface area contributed by atoms with Crippen LogP contribution in [0.5, 0.6) is 5.75 Å². The molecule has 2 aromatic carbocycles. The molecule has 0 heterocycles. The van der Waals surface area contributed by atoms with Crippen LogP contribution in [0.1, 0.15) is 35.2 Å². The van der Waals surface area contributed by atoms with Crippen molar-refractivity contribution in [2.75, 3.05) is 13.7 Å². The number of ether oxygens (including phenoxy) is 1. The van der Waals surface area contributed by atoms with Crippen LogP contribution >= 0.6 is 15.9 Å². The molecule has 1 atom stereocenters. The molecule has 1 N–H and O–H groups in total. The fourth-order valence-electron chi connectivity index (χ4n) is 2.59. The average molecular weight is 348 g/mol. The van der Waals surface area contributed by atoms with Crippen molar-refractivity contribution >= 4 is 15.9 Å². The standard InChI is InChI=1S/C18H22BrNO/c1-5-20-18(16-10-12(2)6-7-13(16)3)15-9-8-14(19)11-17(15)21-4/h6-11,18,20H,5H2,1-4H3. The molecule has 0 saturated carbocycles. The molecule has 0 aliphatic carbocycles. The monoisotopic (exact) mass is 347 g/mol. The van der Waals surface area contributed by atoms with Gasteiger partial charge < -0.3 is 10.1 Å². The Morgan fingerprint density at radius 2 is 1.86 bits per heavy atom. The molecule has 1 unspecified atom stereocenters. The van der Waals surface area contributed by atoms with Gasteiger partial charge in [0.2, 0.25) is 0 Å². The summed E-state index contributed by atoms with van der Waals surface area (Å²) in [6, 6.07) is 12.9. The Bertz CT molecular complexity index is 625. The number of aryl methyl sites for hydroxylation is 2. The lowest BCUT2D eigenvalue weighted by atomic mass is 9.93. The molecule has 0 aromatic heterocycles. The first kappa shape index (κ1) is 16.1. The lowest BCUT2D eigenvalue weighted by Gasteiger charge is -2.23. The van der Waals surface area contributed by atoms with E-state index in [1.165, 1.54) is 16.7 Å². The Morgan fingerprint density at radius 3 is 2.52 bits per heavy atom. The molecular weight excluding hydrogens is 326 g/mol. The molecule has 2 rings (SSSR count). The van der Waals surface area contributed by atoms with Crippen molar-refractivity contribution in [2.45, 2.75) is 26.8 Å². The van der Waals surface area contributed by atoms with Gasteiger partial charge in [0.25, 0.3) is 0 Å². The largest absolute Gasteiger partial charge is 0.496 e. The second-order valence-electron chi connectivity index (χ2n) is 5.24. The smallest absolute Gasteiger partial charge is 0.125 e. The Balaban J connectivity index is 2.55. The molecule has 112 valence electrons. The third-order valence-corrected chi connectivity index (χ3v) is 4.15. The summed E-state index contributed by atoms with van der Waals surface area (Å²) < 4.78 is 6.60. The number of halogens is 1. The molecule has 3 heteroatoms. The van der Waals surface area contributed by atoms with Gasteiger partial charge in [0, 0.05) is 10.0 Å². The topological polar surface area (TPSA) is 21.3 Å². The molecule has 0 amide bonds. The minimum Gasteiger partial charge on any atom is -0.496 e. The quantitative estimate of drug-likeness (QED) is 0.840. The van der Waals surface area contributed by atoms with Crippen molar-refractivity contribution < 1.29 is 4.74 Å². The average Bonchev–Trinajstić information content (AvgIpc) is 2.48. The summed E-state index contributed by atoms with van der Waals surface area (Å²) in [6.45, 7) is 7.32. The molecule has 2 aromatic rings. The van der Waals surface area contributed by atoms with Crippen LogP contribution in [0.2, 0.25) is 0 Å². The summed E-state index contributed by atoms with van der Waals surface area (Å²) in [5.74, 6) is 0.899. The summed E-state index contributed by atoms with van der Waals surface area (Å²) in [5, 5.41) is 3.58. The molecule has 0 saturated heterocycles. The third-order valence-electron chi connectivity index (χ3n) is 3.66. The van der Waals surface area contributed by atoms with Crippen molar-refractivity contribution in [3.63, 3.8) is 0 Å². The van der Waals surface area contributed by atoms with Crippen molar-refractivity contribution in [1.29, 1.82) is 0 Å². The highest BCUT2D eigenvalue weighted by molar-refractivity contribution is 9.10. The zero-order valence-corrected chi connectivity index (χ0v) is 14.6. The first-order chi connectivity index (χ1) is 10.1. The predicted molar refractivity (Wildman–Crippen MR) is 92.1 cm³/mol. The summed E-state index contributed by atoms with van der Waals surface area (Å²) in [4.78, 5) is 0. The van der Waals surface area contributed by atoms with Gasteiger partial charge in [-0.15, -0.1) is 0 Å². The van der Waals surface area contributed by atoms with Crippen LogP contribution in [-0.2, 0) is 0 Å². The van der Waals surface area contributed by atoms with Crippen LogP contribution in [-0.4, -0.2) is 13.7 Å². The Morgan fingerprint density at radius 1 is 1.10 bits per heavy atom. The lowest BCUT2D eigenvalue weighted by Crippen LogP contribution is -2.23. The number of hydrogen-bond acceptors (Lipinski definition) is 2. The summed E-state index contributed by atoms with van der Waals surface area (Å²) in [7, 11) is 1.72. The van der Waals surface area contributed by atoms with E-state index in [1.807, 2.05) is 6.07 Å². The Kier molecular flexibility index (Phi) is 5.43. The molecule has 0 bridgehead atoms. The molecule has 0 aliphatic heterocycles. The van der Waals surface area contributed by atoms with Crippen LogP contribution in [0.3, 0.4) is 0 Å². The van der Waals surface area contributed by atoms with Gasteiger partial charge >= 0.3 is 0 Å². The molecule has 0 fully saturated rings. The van der Waals surface area contributed by atoms with Gasteiger partial charge in [-0.25, -0.2) is 0 Å². The van der Waals surface area contributed by atoms with Crippen LogP contribution in [0.25, 0.3) is 0 Å².